The lowest BCUT2D eigenvalue weighted by Crippen LogP contribution is -2.15. The van der Waals surface area contributed by atoms with Gasteiger partial charge in [-0.1, -0.05) is 36.5 Å². The second kappa shape index (κ2) is 6.84. The molecule has 1 heterocycles. The van der Waals surface area contributed by atoms with Gasteiger partial charge in [-0.2, -0.15) is 0 Å². The van der Waals surface area contributed by atoms with Crippen molar-refractivity contribution in [3.8, 4) is 5.75 Å². The van der Waals surface area contributed by atoms with E-state index in [4.69, 9.17) is 4.74 Å². The molecule has 0 unspecified atom stereocenters. The number of hydrogen-bond donors (Lipinski definition) is 1. The predicted molar refractivity (Wildman–Crippen MR) is 74.5 cm³/mol. The van der Waals surface area contributed by atoms with E-state index in [-0.39, 0.29) is 12.3 Å². The van der Waals surface area contributed by atoms with Gasteiger partial charge < -0.3 is 10.1 Å². The van der Waals surface area contributed by atoms with Gasteiger partial charge in [0.15, 0.2) is 0 Å². The predicted octanol–water partition coefficient (Wildman–Crippen LogP) is 2.51. The first-order valence-corrected chi connectivity index (χ1v) is 6.89. The number of aryl methyl sites for hydroxylation is 1. The highest BCUT2D eigenvalue weighted by molar-refractivity contribution is 7.15. The van der Waals surface area contributed by atoms with E-state index in [1.54, 1.807) is 0 Å². The van der Waals surface area contributed by atoms with E-state index in [0.29, 0.717) is 11.7 Å². The quantitative estimate of drug-likeness (QED) is 0.881. The van der Waals surface area contributed by atoms with E-state index in [0.717, 1.165) is 17.2 Å². The number of carbonyl (C=O) groups is 1. The molecular weight excluding hydrogens is 262 g/mol. The summed E-state index contributed by atoms with van der Waals surface area (Å²) in [5.74, 6) is 0.647. The highest BCUT2D eigenvalue weighted by Gasteiger charge is 2.07. The fraction of sp³-hybridized carbons (Fsp3) is 0.308. The molecule has 0 radical (unpaired) electrons. The number of carbonyl (C=O) groups excluding carboxylic acids is 1. The summed E-state index contributed by atoms with van der Waals surface area (Å²) in [6, 6.07) is 9.42. The Morgan fingerprint density at radius 3 is 2.79 bits per heavy atom. The fourth-order valence-electron chi connectivity index (χ4n) is 1.41. The molecule has 0 aliphatic carbocycles. The molecule has 0 aliphatic heterocycles. The second-order valence-corrected chi connectivity index (χ2v) is 4.88. The summed E-state index contributed by atoms with van der Waals surface area (Å²) >= 11 is 1.40. The van der Waals surface area contributed by atoms with Gasteiger partial charge in [-0.05, 0) is 18.6 Å². The molecule has 2 aromatic rings. The summed E-state index contributed by atoms with van der Waals surface area (Å²) in [4.78, 5) is 11.6. The van der Waals surface area contributed by atoms with Gasteiger partial charge in [0.25, 0.3) is 0 Å². The summed E-state index contributed by atoms with van der Waals surface area (Å²) < 4.78 is 5.45. The largest absolute Gasteiger partial charge is 0.493 e. The van der Waals surface area contributed by atoms with Crippen molar-refractivity contribution in [1.29, 1.82) is 0 Å². The van der Waals surface area contributed by atoms with Gasteiger partial charge in [-0.25, -0.2) is 0 Å². The molecule has 0 aliphatic rings. The number of hydrogen-bond acceptors (Lipinski definition) is 5. The average molecular weight is 277 g/mol. The minimum absolute atomic E-state index is 0.116. The first kappa shape index (κ1) is 13.5. The number of anilines is 1. The van der Waals surface area contributed by atoms with Crippen molar-refractivity contribution >= 4 is 22.4 Å². The van der Waals surface area contributed by atoms with Gasteiger partial charge in [0.05, 0.1) is 13.0 Å². The number of benzene rings is 1. The minimum Gasteiger partial charge on any atom is -0.493 e. The van der Waals surface area contributed by atoms with E-state index >= 15 is 0 Å². The van der Waals surface area contributed by atoms with Crippen LogP contribution in [0.2, 0.25) is 0 Å². The molecule has 0 spiro atoms. The summed E-state index contributed by atoms with van der Waals surface area (Å²) in [6.45, 7) is 2.34. The number of rotatable bonds is 6. The molecule has 19 heavy (non-hydrogen) atoms. The number of aromatic nitrogens is 2. The normalized spacial score (nSPS) is 10.2. The number of nitrogens with zero attached hydrogens (tertiary/aromatic N) is 2. The maximum Gasteiger partial charge on any atom is 0.229 e. The SMILES string of the molecule is CCc1nnc(NC(=O)CCOc2ccccc2)s1. The van der Waals surface area contributed by atoms with E-state index in [9.17, 15) is 4.79 Å². The molecule has 5 nitrogen and oxygen atoms in total. The van der Waals surface area contributed by atoms with E-state index in [2.05, 4.69) is 15.5 Å². The van der Waals surface area contributed by atoms with Crippen LogP contribution < -0.4 is 10.1 Å². The monoisotopic (exact) mass is 277 g/mol. The number of nitrogens with one attached hydrogen (secondary N) is 1. The Hall–Kier alpha value is -1.95. The fourth-order valence-corrected chi connectivity index (χ4v) is 2.10. The van der Waals surface area contributed by atoms with E-state index < -0.39 is 0 Å². The molecular formula is C13H15N3O2S. The third-order valence-electron chi connectivity index (χ3n) is 2.36. The highest BCUT2D eigenvalue weighted by atomic mass is 32.1. The van der Waals surface area contributed by atoms with Crippen LogP contribution in [0.15, 0.2) is 30.3 Å². The molecule has 1 N–H and O–H groups in total. The van der Waals surface area contributed by atoms with Crippen LogP contribution in [-0.4, -0.2) is 22.7 Å². The Kier molecular flexibility index (Phi) is 4.85. The Morgan fingerprint density at radius 1 is 1.32 bits per heavy atom. The summed E-state index contributed by atoms with van der Waals surface area (Å²) in [7, 11) is 0. The Labute approximate surface area is 115 Å². The first-order valence-electron chi connectivity index (χ1n) is 6.08. The molecule has 1 aromatic carbocycles. The van der Waals surface area contributed by atoms with Crippen LogP contribution in [0, 0.1) is 0 Å². The number of para-hydroxylation sites is 1. The van der Waals surface area contributed by atoms with Gasteiger partial charge in [0.2, 0.25) is 11.0 Å². The molecule has 1 aromatic heterocycles. The van der Waals surface area contributed by atoms with Crippen molar-refractivity contribution in [3.05, 3.63) is 35.3 Å². The van der Waals surface area contributed by atoms with Crippen molar-refractivity contribution in [3.63, 3.8) is 0 Å². The van der Waals surface area contributed by atoms with Gasteiger partial charge in [0.1, 0.15) is 10.8 Å². The lowest BCUT2D eigenvalue weighted by molar-refractivity contribution is -0.116. The number of amides is 1. The maximum absolute atomic E-state index is 11.6. The van der Waals surface area contributed by atoms with Crippen molar-refractivity contribution in [1.82, 2.24) is 10.2 Å². The van der Waals surface area contributed by atoms with Gasteiger partial charge in [-0.15, -0.1) is 10.2 Å². The smallest absolute Gasteiger partial charge is 0.229 e. The molecule has 2 rings (SSSR count). The summed E-state index contributed by atoms with van der Waals surface area (Å²) in [6.07, 6.45) is 1.11. The Balaban J connectivity index is 1.73. The summed E-state index contributed by atoms with van der Waals surface area (Å²) in [5.41, 5.74) is 0. The van der Waals surface area contributed by atoms with Crippen LogP contribution in [0.1, 0.15) is 18.4 Å². The molecule has 0 saturated heterocycles. The van der Waals surface area contributed by atoms with Crippen molar-refractivity contribution < 1.29 is 9.53 Å². The maximum atomic E-state index is 11.6. The van der Waals surface area contributed by atoms with Crippen LogP contribution in [0.4, 0.5) is 5.13 Å². The zero-order valence-corrected chi connectivity index (χ0v) is 11.4. The molecule has 0 bridgehead atoms. The highest BCUT2D eigenvalue weighted by Crippen LogP contribution is 2.15. The second-order valence-electron chi connectivity index (χ2n) is 3.81. The Bertz CT molecular complexity index is 528. The standard InChI is InChI=1S/C13H15N3O2S/c1-2-12-15-16-13(19-12)14-11(17)8-9-18-10-6-4-3-5-7-10/h3-7H,2,8-9H2,1H3,(H,14,16,17). The minimum atomic E-state index is -0.116. The molecule has 1 amide bonds. The lowest BCUT2D eigenvalue weighted by atomic mass is 10.3. The lowest BCUT2D eigenvalue weighted by Gasteiger charge is -2.05. The van der Waals surface area contributed by atoms with Crippen LogP contribution in [0.25, 0.3) is 0 Å². The number of ether oxygens (including phenoxy) is 1. The zero-order valence-electron chi connectivity index (χ0n) is 10.6. The molecule has 100 valence electrons. The third-order valence-corrected chi connectivity index (χ3v) is 3.34. The Morgan fingerprint density at radius 2 is 2.11 bits per heavy atom. The molecule has 6 heteroatoms. The molecule has 0 fully saturated rings. The van der Waals surface area contributed by atoms with Gasteiger partial charge in [0, 0.05) is 0 Å². The van der Waals surface area contributed by atoms with Crippen LogP contribution in [0.5, 0.6) is 5.75 Å². The molecule has 0 saturated carbocycles. The van der Waals surface area contributed by atoms with Crippen LogP contribution >= 0.6 is 11.3 Å². The molecule has 0 atom stereocenters. The van der Waals surface area contributed by atoms with E-state index in [1.807, 2.05) is 37.3 Å². The van der Waals surface area contributed by atoms with Crippen molar-refractivity contribution in [2.45, 2.75) is 19.8 Å². The van der Waals surface area contributed by atoms with Crippen molar-refractivity contribution in [2.24, 2.45) is 0 Å². The topological polar surface area (TPSA) is 64.1 Å². The zero-order chi connectivity index (χ0) is 13.5. The van der Waals surface area contributed by atoms with E-state index in [1.165, 1.54) is 11.3 Å². The van der Waals surface area contributed by atoms with Crippen LogP contribution in [0.3, 0.4) is 0 Å². The summed E-state index contributed by atoms with van der Waals surface area (Å²) in [5, 5.41) is 12.0. The third kappa shape index (κ3) is 4.33. The van der Waals surface area contributed by atoms with Crippen molar-refractivity contribution in [2.75, 3.05) is 11.9 Å². The average Bonchev–Trinajstić information content (AvgIpc) is 2.87. The van der Waals surface area contributed by atoms with Gasteiger partial charge >= 0.3 is 0 Å². The first-order chi connectivity index (χ1) is 9.28. The van der Waals surface area contributed by atoms with Crippen LogP contribution in [-0.2, 0) is 11.2 Å². The van der Waals surface area contributed by atoms with Gasteiger partial charge in [-0.3, -0.25) is 4.79 Å².